The molecule has 1 heterocycles. The van der Waals surface area contributed by atoms with Crippen molar-refractivity contribution in [2.45, 2.75) is 63.2 Å². The van der Waals surface area contributed by atoms with Crippen LogP contribution in [-0.4, -0.2) is 62.3 Å². The molecule has 0 bridgehead atoms. The minimum Gasteiger partial charge on any atom is -0.397 e. The largest absolute Gasteiger partial charge is 0.397 e. The molecule has 0 aromatic heterocycles. The maximum absolute atomic E-state index is 13.3. The van der Waals surface area contributed by atoms with Gasteiger partial charge in [0.25, 0.3) is 5.91 Å². The Kier molecular flexibility index (Phi) is 5.66. The van der Waals surface area contributed by atoms with E-state index in [1.807, 2.05) is 13.1 Å². The van der Waals surface area contributed by atoms with Crippen molar-refractivity contribution in [3.8, 4) is 0 Å². The van der Waals surface area contributed by atoms with E-state index in [1.54, 1.807) is 6.07 Å². The highest BCUT2D eigenvalue weighted by Crippen LogP contribution is 2.59. The molecule has 1 amide bonds. The lowest BCUT2D eigenvalue weighted by atomic mass is 9.79. The third kappa shape index (κ3) is 4.48. The molecule has 9 heteroatoms. The molecule has 182 valence electrons. The van der Waals surface area contributed by atoms with Crippen LogP contribution in [0.4, 0.5) is 30.2 Å². The van der Waals surface area contributed by atoms with Crippen LogP contribution in [0, 0.1) is 11.3 Å². The number of hydrogen-bond acceptors (Lipinski definition) is 5. The lowest BCUT2D eigenvalue weighted by molar-refractivity contribution is -0.184. The van der Waals surface area contributed by atoms with Crippen molar-refractivity contribution in [2.75, 3.05) is 49.2 Å². The second-order valence-corrected chi connectivity index (χ2v) is 10.4. The summed E-state index contributed by atoms with van der Waals surface area (Å²) in [6, 6.07) is 4.37. The zero-order chi connectivity index (χ0) is 23.4. The third-order valence-electron chi connectivity index (χ3n) is 8.34. The van der Waals surface area contributed by atoms with Gasteiger partial charge in [0, 0.05) is 45.3 Å². The van der Waals surface area contributed by atoms with Gasteiger partial charge in [-0.1, -0.05) is 0 Å². The summed E-state index contributed by atoms with van der Waals surface area (Å²) in [5.41, 5.74) is 8.77. The van der Waals surface area contributed by atoms with Crippen LogP contribution in [0.3, 0.4) is 0 Å². The van der Waals surface area contributed by atoms with Gasteiger partial charge in [0.05, 0.1) is 28.5 Å². The quantitative estimate of drug-likeness (QED) is 0.577. The maximum atomic E-state index is 13.3. The predicted octanol–water partition coefficient (Wildman–Crippen LogP) is 3.84. The normalized spacial score (nSPS) is 30.4. The third-order valence-corrected chi connectivity index (χ3v) is 8.34. The van der Waals surface area contributed by atoms with Crippen LogP contribution < -0.4 is 21.3 Å². The number of anilines is 3. The molecule has 6 nitrogen and oxygen atoms in total. The number of carbonyl (C=O) groups excluding carboxylic acids is 1. The summed E-state index contributed by atoms with van der Waals surface area (Å²) >= 11 is 0. The summed E-state index contributed by atoms with van der Waals surface area (Å²) in [6.07, 6.45) is 0.603. The molecule has 1 aromatic carbocycles. The van der Waals surface area contributed by atoms with Gasteiger partial charge >= 0.3 is 6.18 Å². The number of carbonyl (C=O) groups is 1. The Labute approximate surface area is 193 Å². The SMILES string of the molecule is CNc1cc(N2CCN(C3CC3)CC2)c(C(=O)N[C@@H]2CC23CCC(C(F)(F)F)CC3)cc1N. The van der Waals surface area contributed by atoms with Gasteiger partial charge in [0.1, 0.15) is 0 Å². The van der Waals surface area contributed by atoms with Crippen LogP contribution in [0.2, 0.25) is 0 Å². The number of amides is 1. The molecule has 3 saturated carbocycles. The number of hydrogen-bond donors (Lipinski definition) is 3. The van der Waals surface area contributed by atoms with Crippen molar-refractivity contribution in [1.82, 2.24) is 10.2 Å². The molecule has 1 aromatic rings. The minimum absolute atomic E-state index is 0.0519. The average Bonchev–Trinajstić information content (AvgIpc) is 3.72. The zero-order valence-electron chi connectivity index (χ0n) is 19.2. The number of nitrogens with one attached hydrogen (secondary N) is 2. The summed E-state index contributed by atoms with van der Waals surface area (Å²) in [5, 5.41) is 6.24. The first-order chi connectivity index (χ1) is 15.7. The second kappa shape index (κ2) is 8.25. The number of nitrogens with zero attached hydrogens (tertiary/aromatic N) is 2. The van der Waals surface area contributed by atoms with Gasteiger partial charge in [-0.05, 0) is 62.5 Å². The van der Waals surface area contributed by atoms with E-state index in [0.717, 1.165) is 50.0 Å². The lowest BCUT2D eigenvalue weighted by Crippen LogP contribution is -2.47. The van der Waals surface area contributed by atoms with Crippen molar-refractivity contribution < 1.29 is 18.0 Å². The van der Waals surface area contributed by atoms with Crippen LogP contribution in [0.25, 0.3) is 0 Å². The van der Waals surface area contributed by atoms with E-state index in [0.29, 0.717) is 24.1 Å². The van der Waals surface area contributed by atoms with Crippen LogP contribution >= 0.6 is 0 Å². The Morgan fingerprint density at radius 2 is 1.76 bits per heavy atom. The molecule has 1 aliphatic heterocycles. The van der Waals surface area contributed by atoms with E-state index in [2.05, 4.69) is 20.4 Å². The Morgan fingerprint density at radius 3 is 2.33 bits per heavy atom. The van der Waals surface area contributed by atoms with Crippen LogP contribution in [0.1, 0.15) is 55.3 Å². The summed E-state index contributed by atoms with van der Waals surface area (Å²) < 4.78 is 39.1. The fourth-order valence-electron chi connectivity index (χ4n) is 5.89. The molecule has 3 aliphatic carbocycles. The van der Waals surface area contributed by atoms with Gasteiger partial charge in [-0.3, -0.25) is 9.69 Å². The first kappa shape index (κ1) is 22.6. The molecule has 4 aliphatic rings. The lowest BCUT2D eigenvalue weighted by Gasteiger charge is -2.37. The van der Waals surface area contributed by atoms with Crippen LogP contribution in [0.15, 0.2) is 12.1 Å². The highest BCUT2D eigenvalue weighted by Gasteiger charge is 2.58. The summed E-state index contributed by atoms with van der Waals surface area (Å²) in [6.45, 7) is 3.68. The molecule has 33 heavy (non-hydrogen) atoms. The van der Waals surface area contributed by atoms with Crippen molar-refractivity contribution in [1.29, 1.82) is 0 Å². The number of alkyl halides is 3. The van der Waals surface area contributed by atoms with E-state index in [1.165, 1.54) is 12.8 Å². The molecule has 1 saturated heterocycles. The molecule has 1 atom stereocenters. The molecule has 1 spiro atoms. The van der Waals surface area contributed by atoms with Gasteiger partial charge in [-0.15, -0.1) is 0 Å². The van der Waals surface area contributed by atoms with Crippen molar-refractivity contribution in [3.63, 3.8) is 0 Å². The highest BCUT2D eigenvalue weighted by atomic mass is 19.4. The van der Waals surface area contributed by atoms with Crippen molar-refractivity contribution >= 4 is 23.0 Å². The predicted molar refractivity (Wildman–Crippen MR) is 124 cm³/mol. The smallest absolute Gasteiger partial charge is 0.391 e. The number of halogens is 3. The minimum atomic E-state index is -4.11. The number of rotatable bonds is 5. The Morgan fingerprint density at radius 1 is 1.09 bits per heavy atom. The number of piperazine rings is 1. The van der Waals surface area contributed by atoms with Gasteiger partial charge in [0.15, 0.2) is 0 Å². The molecule has 4 N–H and O–H groups in total. The summed E-state index contributed by atoms with van der Waals surface area (Å²) in [5.74, 6) is -1.38. The monoisotopic (exact) mass is 465 g/mol. The zero-order valence-corrected chi connectivity index (χ0v) is 19.2. The first-order valence-electron chi connectivity index (χ1n) is 12.2. The van der Waals surface area contributed by atoms with Gasteiger partial charge in [-0.25, -0.2) is 0 Å². The van der Waals surface area contributed by atoms with E-state index in [9.17, 15) is 18.0 Å². The topological polar surface area (TPSA) is 73.6 Å². The van der Waals surface area contributed by atoms with Gasteiger partial charge in [-0.2, -0.15) is 13.2 Å². The molecule has 5 rings (SSSR count). The van der Waals surface area contributed by atoms with E-state index in [-0.39, 0.29) is 30.2 Å². The second-order valence-electron chi connectivity index (χ2n) is 10.4. The Hall–Kier alpha value is -2.16. The molecule has 4 fully saturated rings. The fraction of sp³-hybridized carbons (Fsp3) is 0.708. The molecular formula is C24H34F3N5O. The molecule has 0 unspecified atom stereocenters. The maximum Gasteiger partial charge on any atom is 0.391 e. The Balaban J connectivity index is 1.28. The van der Waals surface area contributed by atoms with E-state index >= 15 is 0 Å². The van der Waals surface area contributed by atoms with Gasteiger partial charge < -0.3 is 21.3 Å². The Bertz CT molecular complexity index is 900. The summed E-state index contributed by atoms with van der Waals surface area (Å²) in [7, 11) is 1.81. The summed E-state index contributed by atoms with van der Waals surface area (Å²) in [4.78, 5) is 18.1. The standard InChI is InChI=1S/C24H34F3N5O/c1-29-19-13-20(32-10-8-31(9-11-32)16-2-3-16)17(12-18(19)28)22(33)30-21-14-23(21)6-4-15(5-7-23)24(25,26)27/h12-13,15-16,21,29H,2-11,14,28H2,1H3,(H,30,33)/t15?,21-,23?/m1/s1. The fourth-order valence-corrected chi connectivity index (χ4v) is 5.89. The number of benzene rings is 1. The van der Waals surface area contributed by atoms with Gasteiger partial charge in [0.2, 0.25) is 0 Å². The molecule has 0 radical (unpaired) electrons. The van der Waals surface area contributed by atoms with Crippen LogP contribution in [0.5, 0.6) is 0 Å². The highest BCUT2D eigenvalue weighted by molar-refractivity contribution is 6.02. The van der Waals surface area contributed by atoms with Crippen LogP contribution in [-0.2, 0) is 0 Å². The average molecular weight is 466 g/mol. The van der Waals surface area contributed by atoms with Crippen molar-refractivity contribution in [2.24, 2.45) is 11.3 Å². The van der Waals surface area contributed by atoms with Crippen molar-refractivity contribution in [3.05, 3.63) is 17.7 Å². The first-order valence-corrected chi connectivity index (χ1v) is 12.2. The number of nitrogens with two attached hydrogens (primary N) is 1. The number of nitrogen functional groups attached to an aromatic ring is 1. The van der Waals surface area contributed by atoms with E-state index in [4.69, 9.17) is 5.73 Å². The van der Waals surface area contributed by atoms with E-state index < -0.39 is 12.1 Å². The molecular weight excluding hydrogens is 431 g/mol.